The predicted molar refractivity (Wildman–Crippen MR) is 54.7 cm³/mol. The van der Waals surface area contributed by atoms with Gasteiger partial charge in [0.15, 0.2) is 0 Å². The van der Waals surface area contributed by atoms with Gasteiger partial charge >= 0.3 is 0 Å². The van der Waals surface area contributed by atoms with Crippen LogP contribution < -0.4 is 0 Å². The van der Waals surface area contributed by atoms with Crippen LogP contribution in [0.15, 0.2) is 30.3 Å². The summed E-state index contributed by atoms with van der Waals surface area (Å²) in [6, 6.07) is 9.96. The summed E-state index contributed by atoms with van der Waals surface area (Å²) >= 11 is 0. The average Bonchev–Trinajstić information content (AvgIpc) is 2.15. The Labute approximate surface area is 79.8 Å². The van der Waals surface area contributed by atoms with Crippen molar-refractivity contribution < 1.29 is 4.79 Å². The van der Waals surface area contributed by atoms with Crippen molar-refractivity contribution in [2.24, 2.45) is 5.92 Å². The summed E-state index contributed by atoms with van der Waals surface area (Å²) in [6.07, 6.45) is 1.99. The summed E-state index contributed by atoms with van der Waals surface area (Å²) in [6.45, 7) is 4.28. The van der Waals surface area contributed by atoms with Gasteiger partial charge in [0, 0.05) is 5.92 Å². The highest BCUT2D eigenvalue weighted by molar-refractivity contribution is 5.61. The minimum absolute atomic E-state index is 0.0706. The Morgan fingerprint density at radius 1 is 1.23 bits per heavy atom. The first kappa shape index (κ1) is 9.97. The topological polar surface area (TPSA) is 17.1 Å². The molecule has 0 saturated carbocycles. The van der Waals surface area contributed by atoms with Gasteiger partial charge in [0.05, 0.1) is 0 Å². The number of aldehydes is 1. The van der Waals surface area contributed by atoms with Crippen molar-refractivity contribution in [1.82, 2.24) is 0 Å². The monoisotopic (exact) mass is 176 g/mol. The molecule has 1 atom stereocenters. The second-order valence-corrected chi connectivity index (χ2v) is 3.78. The fraction of sp³-hybridized carbons (Fsp3) is 0.417. The smallest absolute Gasteiger partial charge is 0.127 e. The maximum absolute atomic E-state index is 10.8. The minimum atomic E-state index is 0.0706. The number of benzene rings is 1. The first-order valence-corrected chi connectivity index (χ1v) is 4.74. The van der Waals surface area contributed by atoms with Crippen LogP contribution in [-0.2, 0) is 4.79 Å². The summed E-state index contributed by atoms with van der Waals surface area (Å²) in [5.74, 6) is 0.636. The first-order valence-electron chi connectivity index (χ1n) is 4.74. The van der Waals surface area contributed by atoms with Crippen molar-refractivity contribution in [3.63, 3.8) is 0 Å². The van der Waals surface area contributed by atoms with E-state index in [-0.39, 0.29) is 5.92 Å². The van der Waals surface area contributed by atoms with E-state index >= 15 is 0 Å². The van der Waals surface area contributed by atoms with Crippen LogP contribution in [-0.4, -0.2) is 6.29 Å². The second kappa shape index (κ2) is 4.80. The van der Waals surface area contributed by atoms with Gasteiger partial charge in [-0.25, -0.2) is 0 Å². The SMILES string of the molecule is CC(C)CC(C=O)c1ccccc1. The van der Waals surface area contributed by atoms with E-state index in [9.17, 15) is 4.79 Å². The molecule has 70 valence electrons. The molecule has 1 unspecified atom stereocenters. The molecule has 0 fully saturated rings. The van der Waals surface area contributed by atoms with Gasteiger partial charge in [0.25, 0.3) is 0 Å². The molecule has 0 aromatic heterocycles. The Kier molecular flexibility index (Phi) is 3.69. The van der Waals surface area contributed by atoms with E-state index in [4.69, 9.17) is 0 Å². The highest BCUT2D eigenvalue weighted by Crippen LogP contribution is 2.20. The van der Waals surface area contributed by atoms with Gasteiger partial charge in [0.1, 0.15) is 6.29 Å². The molecule has 13 heavy (non-hydrogen) atoms. The van der Waals surface area contributed by atoms with Crippen LogP contribution >= 0.6 is 0 Å². The van der Waals surface area contributed by atoms with E-state index in [1.165, 1.54) is 0 Å². The Morgan fingerprint density at radius 3 is 2.31 bits per heavy atom. The van der Waals surface area contributed by atoms with Gasteiger partial charge in [0.2, 0.25) is 0 Å². The van der Waals surface area contributed by atoms with Crippen molar-refractivity contribution in [1.29, 1.82) is 0 Å². The van der Waals surface area contributed by atoms with Crippen molar-refractivity contribution >= 4 is 6.29 Å². The standard InChI is InChI=1S/C12H16O/c1-10(2)8-12(9-13)11-6-4-3-5-7-11/h3-7,9-10,12H,8H2,1-2H3. The van der Waals surface area contributed by atoms with Crippen molar-refractivity contribution in [3.05, 3.63) is 35.9 Å². The maximum Gasteiger partial charge on any atom is 0.127 e. The average molecular weight is 176 g/mol. The lowest BCUT2D eigenvalue weighted by molar-refractivity contribution is -0.109. The number of carbonyl (C=O) groups excluding carboxylic acids is 1. The minimum Gasteiger partial charge on any atom is -0.303 e. The van der Waals surface area contributed by atoms with Gasteiger partial charge in [-0.15, -0.1) is 0 Å². The Balaban J connectivity index is 2.73. The largest absolute Gasteiger partial charge is 0.303 e. The molecule has 0 aliphatic heterocycles. The van der Waals surface area contributed by atoms with E-state index < -0.39 is 0 Å². The zero-order valence-corrected chi connectivity index (χ0v) is 8.23. The summed E-state index contributed by atoms with van der Waals surface area (Å²) in [4.78, 5) is 10.8. The van der Waals surface area contributed by atoms with Crippen molar-refractivity contribution in [3.8, 4) is 0 Å². The van der Waals surface area contributed by atoms with Gasteiger partial charge in [-0.3, -0.25) is 0 Å². The second-order valence-electron chi connectivity index (χ2n) is 3.78. The molecule has 0 saturated heterocycles. The number of rotatable bonds is 4. The van der Waals surface area contributed by atoms with Crippen LogP contribution in [0.3, 0.4) is 0 Å². The molecular formula is C12H16O. The first-order chi connectivity index (χ1) is 6.24. The highest BCUT2D eigenvalue weighted by Gasteiger charge is 2.11. The molecule has 0 aliphatic rings. The third-order valence-corrected chi connectivity index (χ3v) is 2.12. The lowest BCUT2D eigenvalue weighted by Crippen LogP contribution is -2.03. The summed E-state index contributed by atoms with van der Waals surface area (Å²) in [7, 11) is 0. The van der Waals surface area contributed by atoms with Crippen LogP contribution in [0.2, 0.25) is 0 Å². The number of hydrogen-bond donors (Lipinski definition) is 0. The molecule has 1 rings (SSSR count). The molecular weight excluding hydrogens is 160 g/mol. The van der Waals surface area contributed by atoms with E-state index in [0.717, 1.165) is 18.3 Å². The molecule has 0 amide bonds. The van der Waals surface area contributed by atoms with Gasteiger partial charge in [-0.2, -0.15) is 0 Å². The zero-order valence-electron chi connectivity index (χ0n) is 8.23. The van der Waals surface area contributed by atoms with Gasteiger partial charge in [-0.1, -0.05) is 44.2 Å². The molecule has 0 bridgehead atoms. The maximum atomic E-state index is 10.8. The molecule has 0 N–H and O–H groups in total. The van der Waals surface area contributed by atoms with Crippen molar-refractivity contribution in [2.75, 3.05) is 0 Å². The quantitative estimate of drug-likeness (QED) is 0.644. The highest BCUT2D eigenvalue weighted by atomic mass is 16.1. The molecule has 0 radical (unpaired) electrons. The molecule has 1 heteroatoms. The normalized spacial score (nSPS) is 12.8. The third kappa shape index (κ3) is 3.02. The lowest BCUT2D eigenvalue weighted by Gasteiger charge is -2.12. The summed E-state index contributed by atoms with van der Waals surface area (Å²) < 4.78 is 0. The Morgan fingerprint density at radius 2 is 1.85 bits per heavy atom. The fourth-order valence-corrected chi connectivity index (χ4v) is 1.48. The van der Waals surface area contributed by atoms with Crippen molar-refractivity contribution in [2.45, 2.75) is 26.2 Å². The van der Waals surface area contributed by atoms with Gasteiger partial charge in [-0.05, 0) is 17.9 Å². The number of carbonyl (C=O) groups is 1. The molecule has 0 spiro atoms. The predicted octanol–water partition coefficient (Wildman–Crippen LogP) is 3.02. The van der Waals surface area contributed by atoms with Crippen LogP contribution in [0.25, 0.3) is 0 Å². The van der Waals surface area contributed by atoms with E-state index in [1.54, 1.807) is 0 Å². The molecule has 0 heterocycles. The summed E-state index contributed by atoms with van der Waals surface area (Å²) in [5, 5.41) is 0. The van der Waals surface area contributed by atoms with E-state index in [1.807, 2.05) is 30.3 Å². The van der Waals surface area contributed by atoms with Crippen LogP contribution in [0.4, 0.5) is 0 Å². The fourth-order valence-electron chi connectivity index (χ4n) is 1.48. The van der Waals surface area contributed by atoms with Gasteiger partial charge < -0.3 is 4.79 Å². The molecule has 0 aliphatic carbocycles. The Bertz CT molecular complexity index is 251. The van der Waals surface area contributed by atoms with Crippen LogP contribution in [0, 0.1) is 5.92 Å². The molecule has 1 nitrogen and oxygen atoms in total. The van der Waals surface area contributed by atoms with E-state index in [0.29, 0.717) is 5.92 Å². The summed E-state index contributed by atoms with van der Waals surface area (Å²) in [5.41, 5.74) is 1.13. The van der Waals surface area contributed by atoms with Crippen LogP contribution in [0.5, 0.6) is 0 Å². The third-order valence-electron chi connectivity index (χ3n) is 2.12. The van der Waals surface area contributed by atoms with Crippen LogP contribution in [0.1, 0.15) is 31.7 Å². The zero-order chi connectivity index (χ0) is 9.68. The molecule has 1 aromatic carbocycles. The molecule has 1 aromatic rings. The number of hydrogen-bond acceptors (Lipinski definition) is 1. The Hall–Kier alpha value is -1.11. The lowest BCUT2D eigenvalue weighted by atomic mass is 9.92. The van der Waals surface area contributed by atoms with E-state index in [2.05, 4.69) is 13.8 Å².